The lowest BCUT2D eigenvalue weighted by Gasteiger charge is -2.22. The maximum absolute atomic E-state index is 5.82. The lowest BCUT2D eigenvalue weighted by molar-refractivity contribution is -0.0212. The molecular weight excluding hydrogens is 770 g/mol. The third kappa shape index (κ3) is 51.4. The normalized spacial score (nSPS) is 11.8. The molecule has 350 valence electrons. The summed E-state index contributed by atoms with van der Waals surface area (Å²) in [7, 11) is 4.94. The van der Waals surface area contributed by atoms with Crippen molar-refractivity contribution in [2.45, 2.75) is 0 Å². The summed E-state index contributed by atoms with van der Waals surface area (Å²) in [6.45, 7) is 19.7. The molecule has 0 aliphatic heterocycles. The van der Waals surface area contributed by atoms with Crippen molar-refractivity contribution in [1.29, 1.82) is 0 Å². The van der Waals surface area contributed by atoms with Crippen molar-refractivity contribution in [3.05, 3.63) is 0 Å². The quantitative estimate of drug-likeness (QED) is 0.0774. The van der Waals surface area contributed by atoms with Gasteiger partial charge >= 0.3 is 0 Å². The Bertz CT molecular complexity index is 633. The summed E-state index contributed by atoms with van der Waals surface area (Å²) in [6.07, 6.45) is 0. The van der Waals surface area contributed by atoms with Crippen molar-refractivity contribution >= 4 is 0 Å². The third-order valence-electron chi connectivity index (χ3n) is 7.42. The van der Waals surface area contributed by atoms with Crippen LogP contribution in [0.5, 0.6) is 0 Å². The Morgan fingerprint density at radius 1 is 0.172 bits per heavy atom. The van der Waals surface area contributed by atoms with E-state index in [4.69, 9.17) is 85.3 Å². The Kier molecular flexibility index (Phi) is 53.5. The fourth-order valence-electron chi connectivity index (χ4n) is 4.29. The summed E-state index contributed by atoms with van der Waals surface area (Å²) in [6, 6.07) is 0. The van der Waals surface area contributed by atoms with Crippen LogP contribution in [0.15, 0.2) is 0 Å². The molecule has 0 bridgehead atoms. The molecule has 0 aliphatic carbocycles. The summed E-state index contributed by atoms with van der Waals surface area (Å²) in [5, 5.41) is 0. The van der Waals surface area contributed by atoms with Gasteiger partial charge in [0.05, 0.1) is 218 Å². The van der Waals surface area contributed by atoms with E-state index in [1.807, 2.05) is 0 Å². The van der Waals surface area contributed by atoms with E-state index < -0.39 is 0 Å². The molecular formula is C39H81NO18. The van der Waals surface area contributed by atoms with Gasteiger partial charge in [-0.15, -0.1) is 0 Å². The van der Waals surface area contributed by atoms with Crippen LogP contribution in [-0.4, -0.2) is 264 Å². The largest absolute Gasteiger partial charge is 0.382 e. The van der Waals surface area contributed by atoms with Crippen LogP contribution in [0.3, 0.4) is 0 Å². The van der Waals surface area contributed by atoms with Gasteiger partial charge in [0.25, 0.3) is 0 Å². The smallest absolute Gasteiger partial charge is 0.0701 e. The number of hydrogen-bond acceptors (Lipinski definition) is 19. The fraction of sp³-hybridized carbons (Fsp3) is 1.00. The molecule has 19 heteroatoms. The van der Waals surface area contributed by atoms with E-state index in [0.717, 1.165) is 19.6 Å². The first-order valence-corrected chi connectivity index (χ1v) is 20.7. The Labute approximate surface area is 348 Å². The highest BCUT2D eigenvalue weighted by molar-refractivity contribution is 4.57. The Morgan fingerprint density at radius 2 is 0.293 bits per heavy atom. The molecule has 19 nitrogen and oxygen atoms in total. The first-order chi connectivity index (χ1) is 28.8. The van der Waals surface area contributed by atoms with Gasteiger partial charge < -0.3 is 85.3 Å². The molecule has 0 fully saturated rings. The van der Waals surface area contributed by atoms with Gasteiger partial charge in [-0.2, -0.15) is 0 Å². The van der Waals surface area contributed by atoms with E-state index in [9.17, 15) is 0 Å². The number of nitrogens with zero attached hydrogens (tertiary/aromatic N) is 1. The molecule has 58 heavy (non-hydrogen) atoms. The standard InChI is InChI=1S/C39H81NO18/c1-41-10-13-47-22-25-53-34-37-56-31-28-50-19-16-44-7-4-40(5-8-45-17-20-51-29-32-57-38-35-54-26-23-48-14-11-42-2)6-9-46-18-21-52-30-33-58-39-36-55-27-24-49-15-12-43-3/h4-39H2,1-3H3. The predicted molar refractivity (Wildman–Crippen MR) is 214 cm³/mol. The zero-order chi connectivity index (χ0) is 41.8. The summed E-state index contributed by atoms with van der Waals surface area (Å²) in [5.74, 6) is 0. The number of methoxy groups -OCH3 is 3. The molecule has 0 N–H and O–H groups in total. The van der Waals surface area contributed by atoms with Crippen molar-refractivity contribution < 1.29 is 85.3 Å². The van der Waals surface area contributed by atoms with Gasteiger partial charge in [-0.05, 0) is 0 Å². The molecule has 0 unspecified atom stereocenters. The highest BCUT2D eigenvalue weighted by atomic mass is 16.6. The molecule has 0 amide bonds. The highest BCUT2D eigenvalue weighted by Crippen LogP contribution is 1.94. The minimum Gasteiger partial charge on any atom is -0.382 e. The van der Waals surface area contributed by atoms with Crippen LogP contribution in [-0.2, 0) is 85.3 Å². The lowest BCUT2D eigenvalue weighted by Crippen LogP contribution is -2.34. The van der Waals surface area contributed by atoms with E-state index in [-0.39, 0.29) is 0 Å². The molecule has 0 atom stereocenters. The molecule has 0 spiro atoms. The monoisotopic (exact) mass is 852 g/mol. The number of hydrogen-bond donors (Lipinski definition) is 0. The van der Waals surface area contributed by atoms with Crippen molar-refractivity contribution in [3.8, 4) is 0 Å². The Morgan fingerprint density at radius 3 is 0.431 bits per heavy atom. The number of ether oxygens (including phenoxy) is 18. The van der Waals surface area contributed by atoms with Crippen LogP contribution in [0, 0.1) is 0 Å². The molecule has 0 aromatic rings. The van der Waals surface area contributed by atoms with E-state index in [1.54, 1.807) is 21.3 Å². The minimum absolute atomic E-state index is 0.499. The third-order valence-corrected chi connectivity index (χ3v) is 7.42. The number of rotatable bonds is 54. The molecule has 0 saturated heterocycles. The molecule has 0 aromatic carbocycles. The van der Waals surface area contributed by atoms with Crippen LogP contribution in [0.2, 0.25) is 0 Å². The first kappa shape index (κ1) is 57.2. The first-order valence-electron chi connectivity index (χ1n) is 20.7. The van der Waals surface area contributed by atoms with Gasteiger partial charge in [0.2, 0.25) is 0 Å². The topological polar surface area (TPSA) is 169 Å². The minimum atomic E-state index is 0.499. The predicted octanol–water partition coefficient (Wildman–Crippen LogP) is 0.477. The molecule has 0 aromatic heterocycles. The average molecular weight is 852 g/mol. The maximum atomic E-state index is 5.82. The van der Waals surface area contributed by atoms with Gasteiger partial charge in [0.1, 0.15) is 0 Å². The second-order valence-corrected chi connectivity index (χ2v) is 12.0. The Hall–Kier alpha value is -0.760. The van der Waals surface area contributed by atoms with Crippen molar-refractivity contribution in [2.24, 2.45) is 0 Å². The van der Waals surface area contributed by atoms with E-state index in [1.165, 1.54) is 0 Å². The molecule has 0 radical (unpaired) electrons. The second kappa shape index (κ2) is 54.3. The SMILES string of the molecule is COCCOCCOCCOCCOCCOCCN(CCOCCOCCOCCOCCOCCOC)CCOCCOCCOCCOCCOCCOC. The highest BCUT2D eigenvalue weighted by Gasteiger charge is 2.06. The van der Waals surface area contributed by atoms with Crippen LogP contribution in [0.4, 0.5) is 0 Å². The van der Waals surface area contributed by atoms with Gasteiger partial charge in [0.15, 0.2) is 0 Å². The van der Waals surface area contributed by atoms with Gasteiger partial charge in [0, 0.05) is 41.0 Å². The Balaban J connectivity index is 3.95. The molecule has 0 rings (SSSR count). The molecule has 0 aliphatic rings. The van der Waals surface area contributed by atoms with Crippen LogP contribution >= 0.6 is 0 Å². The van der Waals surface area contributed by atoms with Crippen LogP contribution in [0.25, 0.3) is 0 Å². The lowest BCUT2D eigenvalue weighted by atomic mass is 10.4. The van der Waals surface area contributed by atoms with Crippen LogP contribution < -0.4 is 0 Å². The maximum Gasteiger partial charge on any atom is 0.0701 e. The van der Waals surface area contributed by atoms with Gasteiger partial charge in [-0.3, -0.25) is 4.90 Å². The van der Waals surface area contributed by atoms with Crippen molar-refractivity contribution in [2.75, 3.05) is 259 Å². The van der Waals surface area contributed by atoms with E-state index in [2.05, 4.69) is 4.90 Å². The summed E-state index contributed by atoms with van der Waals surface area (Å²) in [4.78, 5) is 2.26. The van der Waals surface area contributed by atoms with Crippen molar-refractivity contribution in [3.63, 3.8) is 0 Å². The van der Waals surface area contributed by atoms with Gasteiger partial charge in [-0.25, -0.2) is 0 Å². The summed E-state index contributed by atoms with van der Waals surface area (Å²) in [5.41, 5.74) is 0. The molecule has 0 heterocycles. The zero-order valence-corrected chi connectivity index (χ0v) is 36.3. The van der Waals surface area contributed by atoms with Gasteiger partial charge in [-0.1, -0.05) is 0 Å². The zero-order valence-electron chi connectivity index (χ0n) is 36.3. The van der Waals surface area contributed by atoms with E-state index in [0.29, 0.717) is 218 Å². The fourth-order valence-corrected chi connectivity index (χ4v) is 4.29. The van der Waals surface area contributed by atoms with E-state index >= 15 is 0 Å². The molecule has 0 saturated carbocycles. The summed E-state index contributed by atoms with van der Waals surface area (Å²) >= 11 is 0. The average Bonchev–Trinajstić information content (AvgIpc) is 3.23. The summed E-state index contributed by atoms with van der Waals surface area (Å²) < 4.78 is 98.1. The van der Waals surface area contributed by atoms with Crippen molar-refractivity contribution in [1.82, 2.24) is 4.90 Å². The van der Waals surface area contributed by atoms with Crippen LogP contribution in [0.1, 0.15) is 0 Å². The second-order valence-electron chi connectivity index (χ2n) is 12.0.